The van der Waals surface area contributed by atoms with Gasteiger partial charge in [-0.2, -0.15) is 0 Å². The lowest BCUT2D eigenvalue weighted by Crippen LogP contribution is -2.48. The van der Waals surface area contributed by atoms with Crippen molar-refractivity contribution in [1.29, 1.82) is 0 Å². The van der Waals surface area contributed by atoms with Gasteiger partial charge in [0.25, 0.3) is 0 Å². The Morgan fingerprint density at radius 3 is 2.52 bits per heavy atom. The standard InChI is InChI=1S/C19H28F3N3O2/c1-14(2)25-10-8-16(9-11-25)24(3)13-18(26)23-12-15-6-4-5-7-17(15)27-19(20,21)22/h4-7,14,16H,8-13H2,1-3H3,(H,23,26). The summed E-state index contributed by atoms with van der Waals surface area (Å²) in [5, 5.41) is 2.68. The number of hydrogen-bond donors (Lipinski definition) is 1. The molecule has 0 atom stereocenters. The number of alkyl halides is 3. The van der Waals surface area contributed by atoms with Gasteiger partial charge in [-0.25, -0.2) is 0 Å². The number of carbonyl (C=O) groups is 1. The molecular formula is C19H28F3N3O2. The van der Waals surface area contributed by atoms with Gasteiger partial charge in [0.2, 0.25) is 5.91 Å². The molecule has 1 aliphatic heterocycles. The lowest BCUT2D eigenvalue weighted by atomic mass is 10.0. The highest BCUT2D eigenvalue weighted by atomic mass is 19.4. The fraction of sp³-hybridized carbons (Fsp3) is 0.632. The molecule has 8 heteroatoms. The zero-order valence-corrected chi connectivity index (χ0v) is 16.1. The first-order valence-electron chi connectivity index (χ1n) is 9.20. The summed E-state index contributed by atoms with van der Waals surface area (Å²) < 4.78 is 41.4. The molecule has 1 heterocycles. The molecule has 0 aromatic heterocycles. The van der Waals surface area contributed by atoms with Crippen LogP contribution >= 0.6 is 0 Å². The first-order valence-corrected chi connectivity index (χ1v) is 9.20. The molecule has 1 amide bonds. The molecule has 152 valence electrons. The molecule has 1 N–H and O–H groups in total. The van der Waals surface area contributed by atoms with Crippen molar-refractivity contribution in [1.82, 2.24) is 15.1 Å². The molecule has 2 rings (SSSR count). The van der Waals surface area contributed by atoms with E-state index in [4.69, 9.17) is 0 Å². The van der Waals surface area contributed by atoms with Crippen molar-refractivity contribution in [3.63, 3.8) is 0 Å². The molecule has 0 saturated carbocycles. The number of hydrogen-bond acceptors (Lipinski definition) is 4. The van der Waals surface area contributed by atoms with Gasteiger partial charge in [0.15, 0.2) is 0 Å². The highest BCUT2D eigenvalue weighted by Crippen LogP contribution is 2.26. The highest BCUT2D eigenvalue weighted by Gasteiger charge is 2.32. The molecular weight excluding hydrogens is 359 g/mol. The third-order valence-corrected chi connectivity index (χ3v) is 4.92. The van der Waals surface area contributed by atoms with E-state index in [1.165, 1.54) is 18.2 Å². The number of piperidine rings is 1. The average molecular weight is 387 g/mol. The van der Waals surface area contributed by atoms with Crippen molar-refractivity contribution in [2.45, 2.75) is 51.7 Å². The molecule has 0 aliphatic carbocycles. The van der Waals surface area contributed by atoms with Gasteiger partial charge in [0.05, 0.1) is 6.54 Å². The minimum absolute atomic E-state index is 0.00921. The van der Waals surface area contributed by atoms with Gasteiger partial charge in [-0.15, -0.1) is 13.2 Å². The SMILES string of the molecule is CC(C)N1CCC(N(C)CC(=O)NCc2ccccc2OC(F)(F)F)CC1. The van der Waals surface area contributed by atoms with Crippen molar-refractivity contribution in [2.75, 3.05) is 26.7 Å². The first kappa shape index (κ1) is 21.5. The quantitative estimate of drug-likeness (QED) is 0.781. The number of likely N-dealkylation sites (N-methyl/N-ethyl adjacent to an activating group) is 1. The number of ether oxygens (including phenoxy) is 1. The van der Waals surface area contributed by atoms with E-state index in [9.17, 15) is 18.0 Å². The molecule has 1 saturated heterocycles. The van der Waals surface area contributed by atoms with E-state index in [1.54, 1.807) is 6.07 Å². The molecule has 0 bridgehead atoms. The van der Waals surface area contributed by atoms with Crippen LogP contribution in [0, 0.1) is 0 Å². The molecule has 5 nitrogen and oxygen atoms in total. The summed E-state index contributed by atoms with van der Waals surface area (Å²) in [7, 11) is 1.91. The van der Waals surface area contributed by atoms with Crippen LogP contribution in [-0.4, -0.2) is 60.8 Å². The van der Waals surface area contributed by atoms with Crippen molar-refractivity contribution in [3.8, 4) is 5.75 Å². The Kier molecular flexibility index (Phi) is 7.49. The minimum atomic E-state index is -4.76. The number of nitrogens with zero attached hydrogens (tertiary/aromatic N) is 2. The maximum Gasteiger partial charge on any atom is 0.573 e. The van der Waals surface area contributed by atoms with Crippen molar-refractivity contribution in [3.05, 3.63) is 29.8 Å². The average Bonchev–Trinajstić information content (AvgIpc) is 2.59. The van der Waals surface area contributed by atoms with Crippen molar-refractivity contribution < 1.29 is 22.7 Å². The van der Waals surface area contributed by atoms with Crippen LogP contribution in [0.2, 0.25) is 0 Å². The van der Waals surface area contributed by atoms with Crippen LogP contribution in [-0.2, 0) is 11.3 Å². The van der Waals surface area contributed by atoms with E-state index in [2.05, 4.69) is 28.8 Å². The fourth-order valence-electron chi connectivity index (χ4n) is 3.32. The van der Waals surface area contributed by atoms with Gasteiger partial charge in [-0.05, 0) is 52.9 Å². The molecule has 1 fully saturated rings. The van der Waals surface area contributed by atoms with Crippen LogP contribution in [0.3, 0.4) is 0 Å². The Morgan fingerprint density at radius 2 is 1.93 bits per heavy atom. The van der Waals surface area contributed by atoms with E-state index < -0.39 is 6.36 Å². The number of rotatable bonds is 7. The summed E-state index contributed by atoms with van der Waals surface area (Å²) in [6.45, 7) is 6.59. The smallest absolute Gasteiger partial charge is 0.405 e. The topological polar surface area (TPSA) is 44.8 Å². The van der Waals surface area contributed by atoms with Gasteiger partial charge in [0.1, 0.15) is 5.75 Å². The van der Waals surface area contributed by atoms with Crippen molar-refractivity contribution >= 4 is 5.91 Å². The molecule has 0 spiro atoms. The first-order chi connectivity index (χ1) is 12.7. The van der Waals surface area contributed by atoms with Crippen LogP contribution in [0.15, 0.2) is 24.3 Å². The molecule has 0 radical (unpaired) electrons. The molecule has 1 aromatic carbocycles. The number of halogens is 3. The predicted molar refractivity (Wildman–Crippen MR) is 97.3 cm³/mol. The van der Waals surface area contributed by atoms with E-state index in [1.807, 2.05) is 11.9 Å². The number of benzene rings is 1. The number of likely N-dealkylation sites (tertiary alicyclic amines) is 1. The normalized spacial score (nSPS) is 16.7. The largest absolute Gasteiger partial charge is 0.573 e. The van der Waals surface area contributed by atoms with Gasteiger partial charge in [-0.3, -0.25) is 9.69 Å². The maximum absolute atomic E-state index is 12.5. The van der Waals surface area contributed by atoms with Crippen LogP contribution in [0.25, 0.3) is 0 Å². The fourth-order valence-corrected chi connectivity index (χ4v) is 3.32. The molecule has 1 aromatic rings. The predicted octanol–water partition coefficient (Wildman–Crippen LogP) is 3.01. The van der Waals surface area contributed by atoms with Crippen LogP contribution in [0.5, 0.6) is 5.75 Å². The zero-order chi connectivity index (χ0) is 20.0. The maximum atomic E-state index is 12.5. The lowest BCUT2D eigenvalue weighted by molar-refractivity contribution is -0.274. The van der Waals surface area contributed by atoms with Gasteiger partial charge < -0.3 is 15.0 Å². The van der Waals surface area contributed by atoms with E-state index in [-0.39, 0.29) is 30.3 Å². The van der Waals surface area contributed by atoms with E-state index in [0.29, 0.717) is 12.1 Å². The van der Waals surface area contributed by atoms with Crippen LogP contribution < -0.4 is 10.1 Å². The number of amides is 1. The second kappa shape index (κ2) is 9.41. The Bertz CT molecular complexity index is 614. The Hall–Kier alpha value is -1.80. The number of nitrogens with one attached hydrogen (secondary N) is 1. The summed E-state index contributed by atoms with van der Waals surface area (Å²) in [5.74, 6) is -0.509. The summed E-state index contributed by atoms with van der Waals surface area (Å²) in [5.41, 5.74) is 0.288. The van der Waals surface area contributed by atoms with Gasteiger partial charge in [0, 0.05) is 24.2 Å². The molecule has 0 unspecified atom stereocenters. The minimum Gasteiger partial charge on any atom is -0.405 e. The second-order valence-electron chi connectivity index (χ2n) is 7.21. The monoisotopic (exact) mass is 387 g/mol. The summed E-state index contributed by atoms with van der Waals surface area (Å²) in [4.78, 5) is 16.6. The lowest BCUT2D eigenvalue weighted by Gasteiger charge is -2.38. The van der Waals surface area contributed by atoms with Crippen LogP contribution in [0.4, 0.5) is 13.2 Å². The summed E-state index contributed by atoms with van der Waals surface area (Å²) in [6.07, 6.45) is -2.75. The third kappa shape index (κ3) is 7.03. The number of para-hydroxylation sites is 1. The number of carbonyl (C=O) groups excluding carboxylic acids is 1. The Morgan fingerprint density at radius 1 is 1.30 bits per heavy atom. The molecule has 27 heavy (non-hydrogen) atoms. The van der Waals surface area contributed by atoms with E-state index >= 15 is 0 Å². The second-order valence-corrected chi connectivity index (χ2v) is 7.21. The Labute approximate surface area is 158 Å². The van der Waals surface area contributed by atoms with Gasteiger partial charge >= 0.3 is 6.36 Å². The zero-order valence-electron chi connectivity index (χ0n) is 16.1. The Balaban J connectivity index is 1.81. The summed E-state index contributed by atoms with van der Waals surface area (Å²) >= 11 is 0. The third-order valence-electron chi connectivity index (χ3n) is 4.92. The van der Waals surface area contributed by atoms with E-state index in [0.717, 1.165) is 25.9 Å². The highest BCUT2D eigenvalue weighted by molar-refractivity contribution is 5.78. The van der Waals surface area contributed by atoms with Gasteiger partial charge in [-0.1, -0.05) is 18.2 Å². The van der Waals surface area contributed by atoms with Crippen LogP contribution in [0.1, 0.15) is 32.3 Å². The van der Waals surface area contributed by atoms with Crippen molar-refractivity contribution in [2.24, 2.45) is 0 Å². The summed E-state index contributed by atoms with van der Waals surface area (Å²) in [6, 6.07) is 6.68. The molecule has 1 aliphatic rings.